The van der Waals surface area contributed by atoms with Gasteiger partial charge in [0.25, 0.3) is 0 Å². The lowest BCUT2D eigenvalue weighted by Crippen LogP contribution is -1.90. The van der Waals surface area contributed by atoms with E-state index in [0.717, 1.165) is 44.6 Å². The van der Waals surface area contributed by atoms with Crippen LogP contribution >= 0.6 is 15.9 Å². The fourth-order valence-corrected chi connectivity index (χ4v) is 3.82. The van der Waals surface area contributed by atoms with Crippen LogP contribution in [0.5, 0.6) is 5.75 Å². The van der Waals surface area contributed by atoms with E-state index in [2.05, 4.69) is 65.1 Å². The number of aromatic nitrogens is 2. The van der Waals surface area contributed by atoms with Gasteiger partial charge < -0.3 is 9.72 Å². The lowest BCUT2D eigenvalue weighted by molar-refractivity contribution is 0.415. The molecule has 0 aliphatic rings. The molecule has 0 atom stereocenters. The number of hydrogen-bond donors (Lipinski definition) is 1. The van der Waals surface area contributed by atoms with Crippen molar-refractivity contribution in [2.75, 3.05) is 7.11 Å². The number of methoxy groups -OCH3 is 1. The van der Waals surface area contributed by atoms with Crippen molar-refractivity contribution in [3.63, 3.8) is 0 Å². The van der Waals surface area contributed by atoms with E-state index in [4.69, 9.17) is 9.72 Å². The van der Waals surface area contributed by atoms with Crippen molar-refractivity contribution in [2.45, 2.75) is 20.3 Å². The first-order chi connectivity index (χ1) is 12.1. The van der Waals surface area contributed by atoms with E-state index in [1.165, 1.54) is 16.3 Å². The Bertz CT molecular complexity index is 1080. The van der Waals surface area contributed by atoms with Crippen molar-refractivity contribution in [1.82, 2.24) is 9.97 Å². The number of nitrogens with one attached hydrogen (secondary N) is 1. The van der Waals surface area contributed by atoms with Crippen molar-refractivity contribution in [2.24, 2.45) is 0 Å². The largest absolute Gasteiger partial charge is 0.497 e. The van der Waals surface area contributed by atoms with E-state index in [9.17, 15) is 0 Å². The number of aryl methyl sites for hydroxylation is 2. The molecule has 0 amide bonds. The number of halogens is 1. The van der Waals surface area contributed by atoms with E-state index in [0.29, 0.717) is 0 Å². The summed E-state index contributed by atoms with van der Waals surface area (Å²) in [5.74, 6) is 0.860. The molecule has 0 aliphatic carbocycles. The van der Waals surface area contributed by atoms with Crippen LogP contribution in [0.4, 0.5) is 0 Å². The number of benzene rings is 2. The second-order valence-corrected chi connectivity index (χ2v) is 7.12. The molecule has 4 aromatic rings. The molecule has 0 fully saturated rings. The number of pyridine rings is 1. The highest BCUT2D eigenvalue weighted by Crippen LogP contribution is 2.37. The third-order valence-corrected chi connectivity index (χ3v) is 5.12. The Morgan fingerprint density at radius 1 is 1.04 bits per heavy atom. The zero-order valence-electron chi connectivity index (χ0n) is 14.5. The van der Waals surface area contributed by atoms with Gasteiger partial charge in [-0.2, -0.15) is 0 Å². The molecule has 4 heteroatoms. The molecule has 0 spiro atoms. The zero-order valence-corrected chi connectivity index (χ0v) is 16.1. The SMILES string of the molecule is CCc1cc2c([nH]c3c(-c4ccc(OC)cc4)cc(Br)cc32)c(C)n1. The molecule has 2 heterocycles. The van der Waals surface area contributed by atoms with E-state index < -0.39 is 0 Å². The highest BCUT2D eigenvalue weighted by atomic mass is 79.9. The third kappa shape index (κ3) is 2.71. The van der Waals surface area contributed by atoms with Crippen molar-refractivity contribution >= 4 is 37.7 Å². The number of aromatic amines is 1. The Morgan fingerprint density at radius 2 is 1.76 bits per heavy atom. The first-order valence-electron chi connectivity index (χ1n) is 8.36. The predicted octanol–water partition coefficient (Wildman–Crippen LogP) is 6.03. The van der Waals surface area contributed by atoms with Crippen molar-refractivity contribution in [3.05, 3.63) is 58.3 Å². The van der Waals surface area contributed by atoms with Crippen LogP contribution in [0.2, 0.25) is 0 Å². The lowest BCUT2D eigenvalue weighted by atomic mass is 10.0. The summed E-state index contributed by atoms with van der Waals surface area (Å²) in [5, 5.41) is 2.45. The average Bonchev–Trinajstić information content (AvgIpc) is 3.00. The minimum atomic E-state index is 0.860. The summed E-state index contributed by atoms with van der Waals surface area (Å²) in [4.78, 5) is 8.31. The van der Waals surface area contributed by atoms with Gasteiger partial charge in [-0.15, -0.1) is 0 Å². The van der Waals surface area contributed by atoms with Gasteiger partial charge in [-0.3, -0.25) is 4.98 Å². The normalized spacial score (nSPS) is 11.4. The number of H-pyrrole nitrogens is 1. The quantitative estimate of drug-likeness (QED) is 0.460. The molecule has 0 saturated carbocycles. The summed E-state index contributed by atoms with van der Waals surface area (Å²) in [6.07, 6.45) is 0.933. The highest BCUT2D eigenvalue weighted by molar-refractivity contribution is 9.10. The maximum Gasteiger partial charge on any atom is 0.118 e. The number of rotatable bonds is 3. The molecule has 0 unspecified atom stereocenters. The molecule has 0 saturated heterocycles. The van der Waals surface area contributed by atoms with Gasteiger partial charge in [0.15, 0.2) is 0 Å². The van der Waals surface area contributed by atoms with Gasteiger partial charge in [0, 0.05) is 26.5 Å². The Balaban J connectivity index is 2.04. The maximum absolute atomic E-state index is 5.28. The summed E-state index contributed by atoms with van der Waals surface area (Å²) in [6, 6.07) is 14.7. The second kappa shape index (κ2) is 6.19. The van der Waals surface area contributed by atoms with E-state index in [1.54, 1.807) is 7.11 Å². The van der Waals surface area contributed by atoms with Gasteiger partial charge in [0.1, 0.15) is 5.75 Å². The monoisotopic (exact) mass is 394 g/mol. The molecule has 0 aliphatic heterocycles. The fraction of sp³-hybridized carbons (Fsp3) is 0.190. The van der Waals surface area contributed by atoms with Gasteiger partial charge in [0.2, 0.25) is 0 Å². The Kier molecular flexibility index (Phi) is 4.00. The lowest BCUT2D eigenvalue weighted by Gasteiger charge is -2.06. The first kappa shape index (κ1) is 16.2. The summed E-state index contributed by atoms with van der Waals surface area (Å²) in [6.45, 7) is 4.21. The Hall–Kier alpha value is -2.33. The van der Waals surface area contributed by atoms with Gasteiger partial charge >= 0.3 is 0 Å². The van der Waals surface area contributed by atoms with Gasteiger partial charge in [0.05, 0.1) is 23.8 Å². The topological polar surface area (TPSA) is 37.9 Å². The molecule has 25 heavy (non-hydrogen) atoms. The van der Waals surface area contributed by atoms with Crippen LogP contribution in [0, 0.1) is 6.92 Å². The predicted molar refractivity (Wildman–Crippen MR) is 107 cm³/mol. The van der Waals surface area contributed by atoms with Crippen LogP contribution in [-0.2, 0) is 6.42 Å². The standard InChI is InChI=1S/C21H19BrN2O/c1-4-15-11-19-18-10-14(22)9-17(13-5-7-16(25-3)8-6-13)21(18)24-20(19)12(2)23-15/h5-11,24H,4H2,1-3H3. The third-order valence-electron chi connectivity index (χ3n) is 4.66. The van der Waals surface area contributed by atoms with Gasteiger partial charge in [-0.05, 0) is 49.2 Å². The summed E-state index contributed by atoms with van der Waals surface area (Å²) in [7, 11) is 1.69. The van der Waals surface area contributed by atoms with E-state index >= 15 is 0 Å². The van der Waals surface area contributed by atoms with Crippen LogP contribution < -0.4 is 4.74 Å². The van der Waals surface area contributed by atoms with Crippen LogP contribution in [-0.4, -0.2) is 17.1 Å². The Labute approximate surface area is 155 Å². The van der Waals surface area contributed by atoms with Crippen LogP contribution in [0.15, 0.2) is 46.9 Å². The number of nitrogens with zero attached hydrogens (tertiary/aromatic N) is 1. The van der Waals surface area contributed by atoms with Crippen molar-refractivity contribution in [1.29, 1.82) is 0 Å². The second-order valence-electron chi connectivity index (χ2n) is 6.20. The first-order valence-corrected chi connectivity index (χ1v) is 9.16. The minimum Gasteiger partial charge on any atom is -0.497 e. The molecule has 1 N–H and O–H groups in total. The zero-order chi connectivity index (χ0) is 17.6. The summed E-state index contributed by atoms with van der Waals surface area (Å²) >= 11 is 3.68. The number of ether oxygens (including phenoxy) is 1. The molecule has 3 nitrogen and oxygen atoms in total. The molecule has 2 aromatic carbocycles. The maximum atomic E-state index is 5.28. The molecule has 0 radical (unpaired) electrons. The smallest absolute Gasteiger partial charge is 0.118 e. The van der Waals surface area contributed by atoms with E-state index in [1.807, 2.05) is 12.1 Å². The number of hydrogen-bond acceptors (Lipinski definition) is 2. The molecule has 2 aromatic heterocycles. The molecular weight excluding hydrogens is 376 g/mol. The van der Waals surface area contributed by atoms with E-state index in [-0.39, 0.29) is 0 Å². The van der Waals surface area contributed by atoms with Gasteiger partial charge in [-0.1, -0.05) is 35.0 Å². The number of fused-ring (bicyclic) bond motifs is 3. The Morgan fingerprint density at radius 3 is 2.44 bits per heavy atom. The van der Waals surface area contributed by atoms with Crippen molar-refractivity contribution < 1.29 is 4.74 Å². The fourth-order valence-electron chi connectivity index (χ4n) is 3.37. The summed E-state index contributed by atoms with van der Waals surface area (Å²) in [5.41, 5.74) is 6.74. The summed E-state index contributed by atoms with van der Waals surface area (Å²) < 4.78 is 6.35. The molecule has 4 rings (SSSR count). The van der Waals surface area contributed by atoms with Crippen LogP contribution in [0.3, 0.4) is 0 Å². The highest BCUT2D eigenvalue weighted by Gasteiger charge is 2.14. The van der Waals surface area contributed by atoms with Crippen molar-refractivity contribution in [3.8, 4) is 16.9 Å². The van der Waals surface area contributed by atoms with Crippen LogP contribution in [0.1, 0.15) is 18.3 Å². The minimum absolute atomic E-state index is 0.860. The molecule has 126 valence electrons. The molecule has 0 bridgehead atoms. The van der Waals surface area contributed by atoms with Gasteiger partial charge in [-0.25, -0.2) is 0 Å². The molecular formula is C21H19BrN2O. The average molecular weight is 395 g/mol. The van der Waals surface area contributed by atoms with Crippen LogP contribution in [0.25, 0.3) is 32.9 Å².